The lowest BCUT2D eigenvalue weighted by atomic mass is 10.0. The molecule has 1 aliphatic rings. The minimum Gasteiger partial charge on any atom is -0.352 e. The molecule has 1 N–H and O–H groups in total. The molecule has 1 aromatic heterocycles. The molecule has 2 heterocycles. The van der Waals surface area contributed by atoms with E-state index in [1.807, 2.05) is 51.9 Å². The lowest BCUT2D eigenvalue weighted by molar-refractivity contribution is -0.119. The van der Waals surface area contributed by atoms with Crippen LogP contribution >= 0.6 is 0 Å². The molecule has 2 aromatic carbocycles. The SMILES string of the molecule is C=C(C)C(=O)NCCCc1nc2ccccc2n1CC(=O)N1CCCc2ccccc21. The number of anilines is 1. The fraction of sp³-hybridized carbons (Fsp3) is 0.320. The third-order valence-electron chi connectivity index (χ3n) is 5.69. The summed E-state index contributed by atoms with van der Waals surface area (Å²) in [5.74, 6) is 0.809. The van der Waals surface area contributed by atoms with Crippen molar-refractivity contribution in [1.29, 1.82) is 0 Å². The maximum Gasteiger partial charge on any atom is 0.246 e. The van der Waals surface area contributed by atoms with E-state index >= 15 is 0 Å². The number of hydrogen-bond donors (Lipinski definition) is 1. The van der Waals surface area contributed by atoms with Crippen LogP contribution in [0.2, 0.25) is 0 Å². The summed E-state index contributed by atoms with van der Waals surface area (Å²) in [5, 5.41) is 2.86. The van der Waals surface area contributed by atoms with Crippen molar-refractivity contribution >= 4 is 28.5 Å². The van der Waals surface area contributed by atoms with Gasteiger partial charge in [0, 0.05) is 30.8 Å². The highest BCUT2D eigenvalue weighted by Gasteiger charge is 2.23. The first kappa shape index (κ1) is 20.8. The summed E-state index contributed by atoms with van der Waals surface area (Å²) < 4.78 is 2.02. The van der Waals surface area contributed by atoms with Gasteiger partial charge in [0.25, 0.3) is 0 Å². The highest BCUT2D eigenvalue weighted by atomic mass is 16.2. The number of carbonyl (C=O) groups excluding carboxylic acids is 2. The Bertz CT molecular complexity index is 1130. The zero-order valence-corrected chi connectivity index (χ0v) is 17.9. The van der Waals surface area contributed by atoms with E-state index in [1.54, 1.807) is 6.92 Å². The van der Waals surface area contributed by atoms with Crippen LogP contribution in [-0.4, -0.2) is 34.5 Å². The summed E-state index contributed by atoms with van der Waals surface area (Å²) in [4.78, 5) is 31.7. The number of nitrogens with zero attached hydrogens (tertiary/aromatic N) is 3. The van der Waals surface area contributed by atoms with Crippen LogP contribution in [0, 0.1) is 0 Å². The Morgan fingerprint density at radius 1 is 1.13 bits per heavy atom. The van der Waals surface area contributed by atoms with Gasteiger partial charge in [-0.05, 0) is 49.9 Å². The van der Waals surface area contributed by atoms with Gasteiger partial charge in [0.1, 0.15) is 12.4 Å². The number of aromatic nitrogens is 2. The first-order valence-electron chi connectivity index (χ1n) is 10.8. The average Bonchev–Trinajstić information content (AvgIpc) is 3.13. The fourth-order valence-corrected chi connectivity index (χ4v) is 4.11. The van der Waals surface area contributed by atoms with E-state index < -0.39 is 0 Å². The van der Waals surface area contributed by atoms with Crippen molar-refractivity contribution in [2.75, 3.05) is 18.0 Å². The van der Waals surface area contributed by atoms with Crippen molar-refractivity contribution < 1.29 is 9.59 Å². The van der Waals surface area contributed by atoms with Crippen LogP contribution < -0.4 is 10.2 Å². The minimum atomic E-state index is -0.132. The molecule has 0 radical (unpaired) electrons. The number of imidazole rings is 1. The van der Waals surface area contributed by atoms with Gasteiger partial charge in [0.15, 0.2) is 0 Å². The fourth-order valence-electron chi connectivity index (χ4n) is 4.11. The van der Waals surface area contributed by atoms with Gasteiger partial charge in [-0.3, -0.25) is 9.59 Å². The summed E-state index contributed by atoms with van der Waals surface area (Å²) in [5.41, 5.74) is 4.59. The molecule has 0 saturated heterocycles. The molecule has 0 aliphatic carbocycles. The van der Waals surface area contributed by atoms with Crippen molar-refractivity contribution in [2.24, 2.45) is 0 Å². The molecule has 0 bridgehead atoms. The quantitative estimate of drug-likeness (QED) is 0.472. The molecule has 0 unspecified atom stereocenters. The summed E-state index contributed by atoms with van der Waals surface area (Å²) in [6.07, 6.45) is 3.40. The summed E-state index contributed by atoms with van der Waals surface area (Å²) >= 11 is 0. The van der Waals surface area contributed by atoms with Gasteiger partial charge in [0.2, 0.25) is 11.8 Å². The molecule has 1 aliphatic heterocycles. The normalized spacial score (nSPS) is 13.1. The number of aryl methyl sites for hydroxylation is 2. The van der Waals surface area contributed by atoms with E-state index in [9.17, 15) is 9.59 Å². The molecular weight excluding hydrogens is 388 g/mol. The Labute approximate surface area is 182 Å². The third kappa shape index (κ3) is 4.53. The lowest BCUT2D eigenvalue weighted by Gasteiger charge is -2.29. The van der Waals surface area contributed by atoms with Crippen LogP contribution in [0.4, 0.5) is 5.69 Å². The van der Waals surface area contributed by atoms with Crippen molar-refractivity contribution in [3.8, 4) is 0 Å². The second-order valence-corrected chi connectivity index (χ2v) is 8.02. The van der Waals surface area contributed by atoms with Gasteiger partial charge >= 0.3 is 0 Å². The van der Waals surface area contributed by atoms with Crippen LogP contribution in [0.1, 0.15) is 31.2 Å². The molecule has 0 saturated carbocycles. The van der Waals surface area contributed by atoms with Gasteiger partial charge in [0.05, 0.1) is 11.0 Å². The Kier molecular flexibility index (Phi) is 6.16. The first-order chi connectivity index (χ1) is 15.0. The highest BCUT2D eigenvalue weighted by molar-refractivity contribution is 5.95. The average molecular weight is 417 g/mol. The summed E-state index contributed by atoms with van der Waals surface area (Å²) in [6, 6.07) is 16.1. The zero-order chi connectivity index (χ0) is 21.8. The second-order valence-electron chi connectivity index (χ2n) is 8.02. The van der Waals surface area contributed by atoms with E-state index in [0.717, 1.165) is 48.4 Å². The number of hydrogen-bond acceptors (Lipinski definition) is 3. The molecule has 2 amide bonds. The van der Waals surface area contributed by atoms with Crippen LogP contribution in [0.15, 0.2) is 60.7 Å². The third-order valence-corrected chi connectivity index (χ3v) is 5.69. The van der Waals surface area contributed by atoms with Crippen molar-refractivity contribution in [3.63, 3.8) is 0 Å². The number of fused-ring (bicyclic) bond motifs is 2. The van der Waals surface area contributed by atoms with E-state index in [1.165, 1.54) is 5.56 Å². The number of para-hydroxylation sites is 3. The Morgan fingerprint density at radius 2 is 1.90 bits per heavy atom. The van der Waals surface area contributed by atoms with Gasteiger partial charge < -0.3 is 14.8 Å². The molecule has 3 aromatic rings. The molecule has 0 fully saturated rings. The molecule has 6 heteroatoms. The predicted molar refractivity (Wildman–Crippen MR) is 123 cm³/mol. The van der Waals surface area contributed by atoms with Gasteiger partial charge in [-0.15, -0.1) is 0 Å². The minimum absolute atomic E-state index is 0.0761. The predicted octanol–water partition coefficient (Wildman–Crippen LogP) is 3.64. The molecule has 4 rings (SSSR count). The Balaban J connectivity index is 1.53. The molecule has 6 nitrogen and oxygen atoms in total. The number of carbonyl (C=O) groups is 2. The summed E-state index contributed by atoms with van der Waals surface area (Å²) in [6.45, 7) is 6.89. The number of amides is 2. The smallest absolute Gasteiger partial charge is 0.246 e. The lowest BCUT2D eigenvalue weighted by Crippen LogP contribution is -2.38. The van der Waals surface area contributed by atoms with E-state index in [4.69, 9.17) is 4.98 Å². The molecule has 0 spiro atoms. The maximum atomic E-state index is 13.3. The van der Waals surface area contributed by atoms with Crippen molar-refractivity contribution in [1.82, 2.24) is 14.9 Å². The first-order valence-corrected chi connectivity index (χ1v) is 10.8. The number of benzene rings is 2. The van der Waals surface area contributed by atoms with Crippen molar-refractivity contribution in [3.05, 3.63) is 72.1 Å². The summed E-state index contributed by atoms with van der Waals surface area (Å²) in [7, 11) is 0. The topological polar surface area (TPSA) is 67.2 Å². The molecule has 160 valence electrons. The molecular formula is C25H28N4O2. The van der Waals surface area contributed by atoms with Gasteiger partial charge in [-0.2, -0.15) is 0 Å². The molecule has 31 heavy (non-hydrogen) atoms. The largest absolute Gasteiger partial charge is 0.352 e. The maximum absolute atomic E-state index is 13.3. The van der Waals surface area contributed by atoms with Crippen LogP contribution in [-0.2, 0) is 29.0 Å². The second kappa shape index (κ2) is 9.16. The standard InChI is InChI=1S/C25H28N4O2/c1-18(2)25(31)26-15-7-14-23-27-20-11-4-6-13-22(20)29(23)17-24(30)28-16-8-10-19-9-3-5-12-21(19)28/h3-6,9,11-13H,1,7-8,10,14-17H2,2H3,(H,26,31). The zero-order valence-electron chi connectivity index (χ0n) is 17.9. The Morgan fingerprint density at radius 3 is 2.74 bits per heavy atom. The van der Waals surface area contributed by atoms with E-state index in [2.05, 4.69) is 18.0 Å². The van der Waals surface area contributed by atoms with Crippen molar-refractivity contribution in [2.45, 2.75) is 39.2 Å². The van der Waals surface area contributed by atoms with Crippen LogP contribution in [0.3, 0.4) is 0 Å². The van der Waals surface area contributed by atoms with E-state index in [0.29, 0.717) is 18.5 Å². The van der Waals surface area contributed by atoms with Crippen LogP contribution in [0.25, 0.3) is 11.0 Å². The van der Waals surface area contributed by atoms with Crippen LogP contribution in [0.5, 0.6) is 0 Å². The molecule has 0 atom stereocenters. The van der Waals surface area contributed by atoms with Gasteiger partial charge in [-0.1, -0.05) is 36.9 Å². The highest BCUT2D eigenvalue weighted by Crippen LogP contribution is 2.27. The van der Waals surface area contributed by atoms with Gasteiger partial charge in [-0.25, -0.2) is 4.98 Å². The Hall–Kier alpha value is -3.41. The number of nitrogens with one attached hydrogen (secondary N) is 1. The number of rotatable bonds is 7. The monoisotopic (exact) mass is 416 g/mol. The van der Waals surface area contributed by atoms with E-state index in [-0.39, 0.29) is 18.4 Å².